The van der Waals surface area contributed by atoms with Gasteiger partial charge in [-0.05, 0) is 25.4 Å². The molecule has 0 aromatic carbocycles. The number of hydrogen-bond acceptors (Lipinski definition) is 6. The molecule has 1 heterocycles. The van der Waals surface area contributed by atoms with E-state index in [4.69, 9.17) is 14.0 Å². The van der Waals surface area contributed by atoms with E-state index >= 15 is 0 Å². The molecule has 0 unspecified atom stereocenters. The monoisotopic (exact) mass is 228 g/mol. The molecule has 0 amide bonds. The Kier molecular flexibility index (Phi) is 5.49. The molecule has 0 aliphatic rings. The van der Waals surface area contributed by atoms with Crippen LogP contribution in [0.25, 0.3) is 0 Å². The zero-order valence-corrected chi connectivity index (χ0v) is 9.56. The normalized spacial score (nSPS) is 10.4. The van der Waals surface area contributed by atoms with Crippen molar-refractivity contribution in [2.24, 2.45) is 0 Å². The van der Waals surface area contributed by atoms with Gasteiger partial charge >= 0.3 is 5.97 Å². The van der Waals surface area contributed by atoms with Crippen LogP contribution in [-0.4, -0.2) is 35.9 Å². The Balaban J connectivity index is 2.36. The summed E-state index contributed by atoms with van der Waals surface area (Å²) in [6.45, 7) is 5.30. The summed E-state index contributed by atoms with van der Waals surface area (Å²) in [6, 6.07) is 0. The molecule has 6 heteroatoms. The highest BCUT2D eigenvalue weighted by Gasteiger charge is 2.14. The van der Waals surface area contributed by atoms with E-state index in [1.165, 1.54) is 0 Å². The molecule has 0 atom stereocenters. The van der Waals surface area contributed by atoms with Gasteiger partial charge in [-0.15, -0.1) is 0 Å². The van der Waals surface area contributed by atoms with Crippen LogP contribution in [0.5, 0.6) is 0 Å². The molecule has 0 aliphatic carbocycles. The zero-order chi connectivity index (χ0) is 11.8. The summed E-state index contributed by atoms with van der Waals surface area (Å²) in [6.07, 6.45) is 1.39. The molecular formula is C10H16N2O4. The molecule has 1 rings (SSSR count). The summed E-state index contributed by atoms with van der Waals surface area (Å²) < 4.78 is 14.8. The van der Waals surface area contributed by atoms with Crippen molar-refractivity contribution in [3.05, 3.63) is 11.7 Å². The quantitative estimate of drug-likeness (QED) is 0.516. The van der Waals surface area contributed by atoms with Gasteiger partial charge in [0.2, 0.25) is 5.89 Å². The Hall–Kier alpha value is -1.43. The summed E-state index contributed by atoms with van der Waals surface area (Å²) in [4.78, 5) is 15.1. The smallest absolute Gasteiger partial charge is 0.379 e. The van der Waals surface area contributed by atoms with Gasteiger partial charge in [-0.1, -0.05) is 0 Å². The van der Waals surface area contributed by atoms with Crippen LogP contribution >= 0.6 is 0 Å². The molecule has 0 N–H and O–H groups in total. The standard InChI is InChI=1S/C10H16N2O4/c1-3-14-7-5-6-8-11-9(12-16-8)10(13)15-4-2/h3-7H2,1-2H3. The van der Waals surface area contributed by atoms with Crippen LogP contribution in [0.3, 0.4) is 0 Å². The predicted molar refractivity (Wildman–Crippen MR) is 55.1 cm³/mol. The first kappa shape index (κ1) is 12.6. The maximum absolute atomic E-state index is 11.2. The molecule has 1 aromatic rings. The van der Waals surface area contributed by atoms with E-state index in [1.54, 1.807) is 6.92 Å². The Morgan fingerprint density at radius 3 is 2.88 bits per heavy atom. The van der Waals surface area contributed by atoms with E-state index in [0.717, 1.165) is 6.42 Å². The second-order valence-corrected chi connectivity index (χ2v) is 3.03. The van der Waals surface area contributed by atoms with Crippen molar-refractivity contribution in [2.75, 3.05) is 19.8 Å². The van der Waals surface area contributed by atoms with E-state index in [0.29, 0.717) is 32.1 Å². The summed E-state index contributed by atoms with van der Waals surface area (Å²) >= 11 is 0. The van der Waals surface area contributed by atoms with E-state index in [-0.39, 0.29) is 5.82 Å². The molecule has 0 spiro atoms. The number of nitrogens with zero attached hydrogens (tertiary/aromatic N) is 2. The fourth-order valence-electron chi connectivity index (χ4n) is 1.10. The third kappa shape index (κ3) is 3.98. The van der Waals surface area contributed by atoms with E-state index < -0.39 is 5.97 Å². The number of rotatable bonds is 7. The van der Waals surface area contributed by atoms with Crippen LogP contribution in [0.2, 0.25) is 0 Å². The first-order valence-electron chi connectivity index (χ1n) is 5.35. The summed E-state index contributed by atoms with van der Waals surface area (Å²) in [5.41, 5.74) is 0. The topological polar surface area (TPSA) is 74.5 Å². The molecule has 6 nitrogen and oxygen atoms in total. The fourth-order valence-corrected chi connectivity index (χ4v) is 1.10. The van der Waals surface area contributed by atoms with Crippen molar-refractivity contribution in [3.8, 4) is 0 Å². The van der Waals surface area contributed by atoms with Crippen molar-refractivity contribution < 1.29 is 18.8 Å². The van der Waals surface area contributed by atoms with Gasteiger partial charge in [0, 0.05) is 19.6 Å². The molecule has 0 radical (unpaired) electrons. The minimum atomic E-state index is -0.553. The van der Waals surface area contributed by atoms with Crippen LogP contribution in [0.15, 0.2) is 4.52 Å². The molecule has 0 saturated heterocycles. The maximum Gasteiger partial charge on any atom is 0.379 e. The molecule has 16 heavy (non-hydrogen) atoms. The zero-order valence-electron chi connectivity index (χ0n) is 9.56. The average Bonchev–Trinajstić information content (AvgIpc) is 2.73. The number of aromatic nitrogens is 2. The number of carbonyl (C=O) groups is 1. The largest absolute Gasteiger partial charge is 0.460 e. The van der Waals surface area contributed by atoms with Gasteiger partial charge in [-0.25, -0.2) is 4.79 Å². The highest BCUT2D eigenvalue weighted by atomic mass is 16.5. The van der Waals surface area contributed by atoms with Crippen molar-refractivity contribution >= 4 is 5.97 Å². The van der Waals surface area contributed by atoms with Crippen LogP contribution < -0.4 is 0 Å². The van der Waals surface area contributed by atoms with Crippen LogP contribution in [0.4, 0.5) is 0 Å². The number of esters is 1. The SMILES string of the molecule is CCOCCCc1nc(C(=O)OCC)no1. The molecule has 0 bridgehead atoms. The molecule has 90 valence electrons. The summed E-state index contributed by atoms with van der Waals surface area (Å²) in [5.74, 6) is -0.140. The average molecular weight is 228 g/mol. The minimum absolute atomic E-state index is 0.0201. The van der Waals surface area contributed by atoms with Gasteiger partial charge in [-0.3, -0.25) is 0 Å². The number of hydrogen-bond donors (Lipinski definition) is 0. The lowest BCUT2D eigenvalue weighted by atomic mass is 10.3. The van der Waals surface area contributed by atoms with Crippen LogP contribution in [-0.2, 0) is 15.9 Å². The summed E-state index contributed by atoms with van der Waals surface area (Å²) in [5, 5.41) is 3.53. The van der Waals surface area contributed by atoms with E-state index in [1.807, 2.05) is 6.92 Å². The first-order chi connectivity index (χ1) is 7.77. The van der Waals surface area contributed by atoms with Gasteiger partial charge in [0.15, 0.2) is 0 Å². The maximum atomic E-state index is 11.2. The summed E-state index contributed by atoms with van der Waals surface area (Å²) in [7, 11) is 0. The molecule has 0 fully saturated rings. The molecule has 0 aliphatic heterocycles. The lowest BCUT2D eigenvalue weighted by molar-refractivity contribution is 0.0508. The molecular weight excluding hydrogens is 212 g/mol. The second-order valence-electron chi connectivity index (χ2n) is 3.03. The Labute approximate surface area is 93.9 Å². The van der Waals surface area contributed by atoms with E-state index in [2.05, 4.69) is 10.1 Å². The first-order valence-corrected chi connectivity index (χ1v) is 5.35. The van der Waals surface area contributed by atoms with Crippen LogP contribution in [0.1, 0.15) is 36.8 Å². The van der Waals surface area contributed by atoms with Crippen LogP contribution in [0, 0.1) is 0 Å². The van der Waals surface area contributed by atoms with Gasteiger partial charge in [0.05, 0.1) is 6.61 Å². The third-order valence-electron chi connectivity index (χ3n) is 1.81. The lowest BCUT2D eigenvalue weighted by Gasteiger charge is -1.96. The van der Waals surface area contributed by atoms with Crippen molar-refractivity contribution in [3.63, 3.8) is 0 Å². The van der Waals surface area contributed by atoms with Gasteiger partial charge in [0.1, 0.15) is 0 Å². The van der Waals surface area contributed by atoms with Gasteiger partial charge in [0.25, 0.3) is 5.82 Å². The lowest BCUT2D eigenvalue weighted by Crippen LogP contribution is -2.06. The Morgan fingerprint density at radius 1 is 1.38 bits per heavy atom. The highest BCUT2D eigenvalue weighted by Crippen LogP contribution is 2.02. The molecule has 0 saturated carbocycles. The predicted octanol–water partition coefficient (Wildman–Crippen LogP) is 1.22. The number of aryl methyl sites for hydroxylation is 1. The van der Waals surface area contributed by atoms with Crippen molar-refractivity contribution in [1.29, 1.82) is 0 Å². The van der Waals surface area contributed by atoms with E-state index in [9.17, 15) is 4.79 Å². The second kappa shape index (κ2) is 6.95. The Bertz CT molecular complexity index is 324. The van der Waals surface area contributed by atoms with Crippen molar-refractivity contribution in [1.82, 2.24) is 10.1 Å². The van der Waals surface area contributed by atoms with Gasteiger partial charge in [-0.2, -0.15) is 4.98 Å². The fraction of sp³-hybridized carbons (Fsp3) is 0.700. The van der Waals surface area contributed by atoms with Gasteiger partial charge < -0.3 is 14.0 Å². The number of ether oxygens (including phenoxy) is 2. The highest BCUT2D eigenvalue weighted by molar-refractivity contribution is 5.84. The Morgan fingerprint density at radius 2 is 2.19 bits per heavy atom. The molecule has 1 aromatic heterocycles. The minimum Gasteiger partial charge on any atom is -0.460 e. The van der Waals surface area contributed by atoms with Crippen molar-refractivity contribution in [2.45, 2.75) is 26.7 Å². The third-order valence-corrected chi connectivity index (χ3v) is 1.81. The number of carbonyl (C=O) groups excluding carboxylic acids is 1.